The highest BCUT2D eigenvalue weighted by Crippen LogP contribution is 2.07. The summed E-state index contributed by atoms with van der Waals surface area (Å²) < 4.78 is 4.69. The molecule has 0 spiro atoms. The standard InChI is InChI=1S/C12H25NO2/c1-4-6-7-8-11(13-9-5-2)10-12(14)15-3/h11,13H,4-10H2,1-3H3. The van der Waals surface area contributed by atoms with Crippen LogP contribution in [0.2, 0.25) is 0 Å². The third-order valence-electron chi connectivity index (χ3n) is 2.48. The zero-order valence-corrected chi connectivity index (χ0v) is 10.3. The number of carbonyl (C=O) groups excluding carboxylic acids is 1. The van der Waals surface area contributed by atoms with Crippen molar-refractivity contribution in [2.24, 2.45) is 0 Å². The molecule has 0 bridgehead atoms. The van der Waals surface area contributed by atoms with Gasteiger partial charge in [-0.25, -0.2) is 0 Å². The maximum absolute atomic E-state index is 11.2. The van der Waals surface area contributed by atoms with Crippen LogP contribution in [0, 0.1) is 0 Å². The quantitative estimate of drug-likeness (QED) is 0.474. The van der Waals surface area contributed by atoms with Gasteiger partial charge < -0.3 is 10.1 Å². The molecule has 0 radical (unpaired) electrons. The van der Waals surface area contributed by atoms with Crippen molar-refractivity contribution in [2.45, 2.75) is 58.4 Å². The molecule has 3 nitrogen and oxygen atoms in total. The summed E-state index contributed by atoms with van der Waals surface area (Å²) in [5.74, 6) is -0.111. The van der Waals surface area contributed by atoms with E-state index in [0.29, 0.717) is 12.5 Å². The van der Waals surface area contributed by atoms with Gasteiger partial charge in [0.05, 0.1) is 13.5 Å². The van der Waals surface area contributed by atoms with Gasteiger partial charge in [-0.15, -0.1) is 0 Å². The summed E-state index contributed by atoms with van der Waals surface area (Å²) in [6.45, 7) is 5.30. The van der Waals surface area contributed by atoms with Gasteiger partial charge in [0.1, 0.15) is 0 Å². The molecule has 0 aliphatic heterocycles. The van der Waals surface area contributed by atoms with E-state index in [0.717, 1.165) is 19.4 Å². The molecule has 0 amide bonds. The van der Waals surface area contributed by atoms with Crippen LogP contribution in [0.3, 0.4) is 0 Å². The van der Waals surface area contributed by atoms with Gasteiger partial charge in [-0.2, -0.15) is 0 Å². The number of esters is 1. The van der Waals surface area contributed by atoms with Gasteiger partial charge >= 0.3 is 5.97 Å². The van der Waals surface area contributed by atoms with Crippen LogP contribution in [0.25, 0.3) is 0 Å². The molecule has 0 aromatic rings. The van der Waals surface area contributed by atoms with Gasteiger partial charge in [-0.3, -0.25) is 4.79 Å². The van der Waals surface area contributed by atoms with Gasteiger partial charge in [0.2, 0.25) is 0 Å². The molecule has 0 fully saturated rings. The highest BCUT2D eigenvalue weighted by molar-refractivity contribution is 5.69. The van der Waals surface area contributed by atoms with Crippen molar-refractivity contribution in [3.05, 3.63) is 0 Å². The minimum absolute atomic E-state index is 0.111. The molecule has 0 heterocycles. The molecule has 1 unspecified atom stereocenters. The van der Waals surface area contributed by atoms with Gasteiger partial charge in [-0.05, 0) is 19.4 Å². The molecule has 15 heavy (non-hydrogen) atoms. The molecule has 0 rings (SSSR count). The van der Waals surface area contributed by atoms with E-state index < -0.39 is 0 Å². The first-order valence-corrected chi connectivity index (χ1v) is 6.04. The average molecular weight is 215 g/mol. The SMILES string of the molecule is CCCCCC(CC(=O)OC)NCCC. The second kappa shape index (κ2) is 9.97. The summed E-state index contributed by atoms with van der Waals surface area (Å²) >= 11 is 0. The minimum Gasteiger partial charge on any atom is -0.469 e. The molecule has 0 saturated heterocycles. The second-order valence-electron chi connectivity index (χ2n) is 3.93. The van der Waals surface area contributed by atoms with Crippen molar-refractivity contribution in [3.8, 4) is 0 Å². The van der Waals surface area contributed by atoms with Crippen LogP contribution in [0.1, 0.15) is 52.4 Å². The van der Waals surface area contributed by atoms with Crippen molar-refractivity contribution in [1.29, 1.82) is 0 Å². The monoisotopic (exact) mass is 215 g/mol. The van der Waals surface area contributed by atoms with Crippen LogP contribution in [0.15, 0.2) is 0 Å². The van der Waals surface area contributed by atoms with Crippen LogP contribution in [0.4, 0.5) is 0 Å². The number of hydrogen-bond acceptors (Lipinski definition) is 3. The Morgan fingerprint density at radius 2 is 2.00 bits per heavy atom. The first-order valence-electron chi connectivity index (χ1n) is 6.04. The van der Waals surface area contributed by atoms with Crippen LogP contribution in [0.5, 0.6) is 0 Å². The molecule has 0 aromatic carbocycles. The number of hydrogen-bond donors (Lipinski definition) is 1. The summed E-state index contributed by atoms with van der Waals surface area (Å²) in [5.41, 5.74) is 0. The lowest BCUT2D eigenvalue weighted by atomic mass is 10.1. The topological polar surface area (TPSA) is 38.3 Å². The molecule has 3 heteroatoms. The van der Waals surface area contributed by atoms with Gasteiger partial charge in [0, 0.05) is 6.04 Å². The van der Waals surface area contributed by atoms with E-state index in [1.165, 1.54) is 26.4 Å². The maximum atomic E-state index is 11.2. The van der Waals surface area contributed by atoms with Crippen LogP contribution in [-0.2, 0) is 9.53 Å². The lowest BCUT2D eigenvalue weighted by Crippen LogP contribution is -2.32. The van der Waals surface area contributed by atoms with Gasteiger partial charge in [0.25, 0.3) is 0 Å². The second-order valence-corrected chi connectivity index (χ2v) is 3.93. The lowest BCUT2D eigenvalue weighted by molar-refractivity contribution is -0.141. The first-order chi connectivity index (χ1) is 7.24. The first kappa shape index (κ1) is 14.4. The summed E-state index contributed by atoms with van der Waals surface area (Å²) in [6.07, 6.45) is 6.33. The molecule has 0 saturated carbocycles. The van der Waals surface area contributed by atoms with E-state index in [9.17, 15) is 4.79 Å². The van der Waals surface area contributed by atoms with E-state index in [4.69, 9.17) is 0 Å². The third-order valence-corrected chi connectivity index (χ3v) is 2.48. The largest absolute Gasteiger partial charge is 0.469 e. The predicted molar refractivity (Wildman–Crippen MR) is 62.9 cm³/mol. The summed E-state index contributed by atoms with van der Waals surface area (Å²) in [6, 6.07) is 0.295. The highest BCUT2D eigenvalue weighted by atomic mass is 16.5. The number of rotatable bonds is 9. The van der Waals surface area contributed by atoms with Crippen molar-refractivity contribution in [3.63, 3.8) is 0 Å². The van der Waals surface area contributed by atoms with E-state index in [-0.39, 0.29) is 5.97 Å². The Balaban J connectivity index is 3.77. The van der Waals surface area contributed by atoms with Crippen LogP contribution >= 0.6 is 0 Å². The Kier molecular flexibility index (Phi) is 9.59. The van der Waals surface area contributed by atoms with Crippen LogP contribution < -0.4 is 5.32 Å². The average Bonchev–Trinajstić information content (AvgIpc) is 2.25. The number of nitrogens with one attached hydrogen (secondary N) is 1. The fourth-order valence-electron chi connectivity index (χ4n) is 1.55. The number of ether oxygens (including phenoxy) is 1. The Bertz CT molecular complexity index is 160. The van der Waals surface area contributed by atoms with E-state index in [2.05, 4.69) is 23.9 Å². The molecular formula is C12H25NO2. The fourth-order valence-corrected chi connectivity index (χ4v) is 1.55. The maximum Gasteiger partial charge on any atom is 0.307 e. The molecule has 0 aromatic heterocycles. The molecular weight excluding hydrogens is 190 g/mol. The third kappa shape index (κ3) is 8.43. The van der Waals surface area contributed by atoms with Crippen LogP contribution in [-0.4, -0.2) is 25.7 Å². The fraction of sp³-hybridized carbons (Fsp3) is 0.917. The van der Waals surface area contributed by atoms with Crippen molar-refractivity contribution in [1.82, 2.24) is 5.32 Å². The molecule has 0 aliphatic rings. The Hall–Kier alpha value is -0.570. The van der Waals surface area contributed by atoms with E-state index in [1.54, 1.807) is 0 Å². The smallest absolute Gasteiger partial charge is 0.307 e. The van der Waals surface area contributed by atoms with Gasteiger partial charge in [0.15, 0.2) is 0 Å². The van der Waals surface area contributed by atoms with Crippen molar-refractivity contribution in [2.75, 3.05) is 13.7 Å². The number of unbranched alkanes of at least 4 members (excludes halogenated alkanes) is 2. The Labute approximate surface area is 93.6 Å². The summed E-state index contributed by atoms with van der Waals surface area (Å²) in [4.78, 5) is 11.2. The number of carbonyl (C=O) groups is 1. The Morgan fingerprint density at radius 1 is 1.27 bits per heavy atom. The number of methoxy groups -OCH3 is 1. The zero-order chi connectivity index (χ0) is 11.5. The lowest BCUT2D eigenvalue weighted by Gasteiger charge is -2.16. The molecule has 90 valence electrons. The van der Waals surface area contributed by atoms with Crippen molar-refractivity contribution >= 4 is 5.97 Å². The minimum atomic E-state index is -0.111. The molecule has 1 N–H and O–H groups in total. The van der Waals surface area contributed by atoms with Gasteiger partial charge in [-0.1, -0.05) is 33.1 Å². The highest BCUT2D eigenvalue weighted by Gasteiger charge is 2.12. The van der Waals surface area contributed by atoms with E-state index >= 15 is 0 Å². The van der Waals surface area contributed by atoms with E-state index in [1.807, 2.05) is 0 Å². The van der Waals surface area contributed by atoms with Crippen molar-refractivity contribution < 1.29 is 9.53 Å². The zero-order valence-electron chi connectivity index (χ0n) is 10.3. The summed E-state index contributed by atoms with van der Waals surface area (Å²) in [7, 11) is 1.45. The molecule has 0 aliphatic carbocycles. The molecule has 1 atom stereocenters. The predicted octanol–water partition coefficient (Wildman–Crippen LogP) is 2.50. The summed E-state index contributed by atoms with van der Waals surface area (Å²) in [5, 5.41) is 3.39. The normalized spacial score (nSPS) is 12.5. The Morgan fingerprint density at radius 3 is 2.53 bits per heavy atom.